The highest BCUT2D eigenvalue weighted by molar-refractivity contribution is 5.87. The highest BCUT2D eigenvalue weighted by Crippen LogP contribution is 2.28. The smallest absolute Gasteiger partial charge is 0.226 e. The van der Waals surface area contributed by atoms with E-state index in [1.807, 2.05) is 25.7 Å². The summed E-state index contributed by atoms with van der Waals surface area (Å²) in [5, 5.41) is 3.30. The lowest BCUT2D eigenvalue weighted by Crippen LogP contribution is -2.49. The number of piperidine rings is 2. The minimum Gasteiger partial charge on any atom is -0.342 e. The number of ketones is 1. The summed E-state index contributed by atoms with van der Waals surface area (Å²) in [5.74, 6) is 0.705. The van der Waals surface area contributed by atoms with E-state index in [1.165, 1.54) is 0 Å². The van der Waals surface area contributed by atoms with Crippen molar-refractivity contribution in [2.75, 3.05) is 26.2 Å². The van der Waals surface area contributed by atoms with Crippen LogP contribution in [-0.2, 0) is 9.59 Å². The molecule has 0 bridgehead atoms. The number of Topliss-reactive ketones (excluding diaryl/α,β-unsaturated/α-hetero) is 1. The Hall–Kier alpha value is -0.900. The molecular weight excluding hydrogens is 252 g/mol. The van der Waals surface area contributed by atoms with Gasteiger partial charge in [0.1, 0.15) is 5.78 Å². The Morgan fingerprint density at radius 3 is 2.40 bits per heavy atom. The quantitative estimate of drug-likeness (QED) is 0.839. The predicted molar refractivity (Wildman–Crippen MR) is 79.4 cm³/mol. The van der Waals surface area contributed by atoms with Crippen molar-refractivity contribution >= 4 is 11.7 Å². The number of hydrogen-bond acceptors (Lipinski definition) is 3. The molecule has 0 radical (unpaired) electrons. The molecule has 0 aliphatic carbocycles. The molecule has 4 heteroatoms. The molecule has 2 saturated heterocycles. The predicted octanol–water partition coefficient (Wildman–Crippen LogP) is 1.84. The van der Waals surface area contributed by atoms with Crippen LogP contribution in [0.5, 0.6) is 0 Å². The van der Waals surface area contributed by atoms with Crippen LogP contribution in [0, 0.1) is 17.3 Å². The van der Waals surface area contributed by atoms with Crippen molar-refractivity contribution in [2.24, 2.45) is 17.3 Å². The van der Waals surface area contributed by atoms with Crippen molar-refractivity contribution in [1.29, 1.82) is 0 Å². The second-order valence-electron chi connectivity index (χ2n) is 7.28. The maximum absolute atomic E-state index is 12.5. The summed E-state index contributed by atoms with van der Waals surface area (Å²) in [6.07, 6.45) is 3.95. The summed E-state index contributed by atoms with van der Waals surface area (Å²) in [5.41, 5.74) is -0.302. The van der Waals surface area contributed by atoms with Gasteiger partial charge in [0.15, 0.2) is 0 Å². The lowest BCUT2D eigenvalue weighted by atomic mass is 9.79. The third-order valence-electron chi connectivity index (χ3n) is 4.49. The molecule has 0 aromatic rings. The van der Waals surface area contributed by atoms with Gasteiger partial charge in [0.05, 0.1) is 5.92 Å². The second kappa shape index (κ2) is 6.25. The highest BCUT2D eigenvalue weighted by atomic mass is 16.2. The van der Waals surface area contributed by atoms with Gasteiger partial charge < -0.3 is 10.2 Å². The zero-order valence-corrected chi connectivity index (χ0v) is 13.1. The first kappa shape index (κ1) is 15.5. The number of nitrogens with zero attached hydrogens (tertiary/aromatic N) is 1. The van der Waals surface area contributed by atoms with Crippen LogP contribution in [0.4, 0.5) is 0 Å². The van der Waals surface area contributed by atoms with Crippen LogP contribution in [0.25, 0.3) is 0 Å². The number of carbonyl (C=O) groups is 2. The summed E-state index contributed by atoms with van der Waals surface area (Å²) in [7, 11) is 0. The van der Waals surface area contributed by atoms with Gasteiger partial charge in [0.2, 0.25) is 5.91 Å². The van der Waals surface area contributed by atoms with E-state index in [-0.39, 0.29) is 23.2 Å². The zero-order valence-electron chi connectivity index (χ0n) is 13.1. The summed E-state index contributed by atoms with van der Waals surface area (Å²) in [6.45, 7) is 9.19. The van der Waals surface area contributed by atoms with E-state index >= 15 is 0 Å². The van der Waals surface area contributed by atoms with E-state index in [9.17, 15) is 9.59 Å². The molecule has 2 aliphatic rings. The van der Waals surface area contributed by atoms with Gasteiger partial charge in [-0.05, 0) is 32.2 Å². The summed E-state index contributed by atoms with van der Waals surface area (Å²) in [4.78, 5) is 26.9. The van der Waals surface area contributed by atoms with Crippen LogP contribution in [-0.4, -0.2) is 42.8 Å². The van der Waals surface area contributed by atoms with Gasteiger partial charge in [0.25, 0.3) is 0 Å². The van der Waals surface area contributed by atoms with E-state index in [1.54, 1.807) is 0 Å². The molecule has 0 spiro atoms. The highest BCUT2D eigenvalue weighted by Gasteiger charge is 2.35. The van der Waals surface area contributed by atoms with Gasteiger partial charge in [-0.25, -0.2) is 0 Å². The molecule has 0 aromatic heterocycles. The summed E-state index contributed by atoms with van der Waals surface area (Å²) < 4.78 is 0. The maximum Gasteiger partial charge on any atom is 0.226 e. The molecule has 4 nitrogen and oxygen atoms in total. The van der Waals surface area contributed by atoms with Crippen LogP contribution in [0.1, 0.15) is 46.5 Å². The van der Waals surface area contributed by atoms with Crippen molar-refractivity contribution in [3.05, 3.63) is 0 Å². The van der Waals surface area contributed by atoms with Crippen LogP contribution < -0.4 is 5.32 Å². The largest absolute Gasteiger partial charge is 0.342 e. The molecule has 2 aliphatic heterocycles. The number of rotatable bonds is 2. The summed E-state index contributed by atoms with van der Waals surface area (Å²) >= 11 is 0. The average molecular weight is 280 g/mol. The Kier molecular flexibility index (Phi) is 4.84. The molecule has 0 saturated carbocycles. The molecular formula is C16H28N2O2. The Balaban J connectivity index is 1.96. The van der Waals surface area contributed by atoms with Crippen molar-refractivity contribution < 1.29 is 9.59 Å². The number of carbonyl (C=O) groups excluding carboxylic acids is 2. The van der Waals surface area contributed by atoms with E-state index in [0.29, 0.717) is 12.3 Å². The second-order valence-corrected chi connectivity index (χ2v) is 7.28. The van der Waals surface area contributed by atoms with E-state index in [0.717, 1.165) is 45.3 Å². The first-order chi connectivity index (χ1) is 9.39. The maximum atomic E-state index is 12.5. The minimum absolute atomic E-state index is 0.0317. The fourth-order valence-corrected chi connectivity index (χ4v) is 3.32. The normalized spacial score (nSPS) is 28.2. The zero-order chi connectivity index (χ0) is 14.8. The SMILES string of the molecule is CC(C)(C)C(=O)[C@H]1CCCN(C(=O)C2CCCNC2)C1. The number of amides is 1. The van der Waals surface area contributed by atoms with Gasteiger partial charge in [0, 0.05) is 31.0 Å². The number of nitrogens with one attached hydrogen (secondary N) is 1. The molecule has 0 aromatic carbocycles. The first-order valence-electron chi connectivity index (χ1n) is 7.93. The van der Waals surface area contributed by atoms with Crippen molar-refractivity contribution in [1.82, 2.24) is 10.2 Å². The molecule has 1 amide bonds. The Bertz CT molecular complexity index is 367. The Labute approximate surface area is 122 Å². The minimum atomic E-state index is -0.302. The van der Waals surface area contributed by atoms with Gasteiger partial charge in [-0.3, -0.25) is 9.59 Å². The fraction of sp³-hybridized carbons (Fsp3) is 0.875. The van der Waals surface area contributed by atoms with Gasteiger partial charge in [-0.1, -0.05) is 20.8 Å². The molecule has 20 heavy (non-hydrogen) atoms. The number of likely N-dealkylation sites (tertiary alicyclic amines) is 1. The van der Waals surface area contributed by atoms with Crippen molar-refractivity contribution in [2.45, 2.75) is 46.5 Å². The van der Waals surface area contributed by atoms with Crippen LogP contribution in [0.15, 0.2) is 0 Å². The average Bonchev–Trinajstić information content (AvgIpc) is 2.46. The van der Waals surface area contributed by atoms with E-state index < -0.39 is 0 Å². The molecule has 2 heterocycles. The molecule has 114 valence electrons. The first-order valence-corrected chi connectivity index (χ1v) is 7.93. The molecule has 2 fully saturated rings. The Morgan fingerprint density at radius 2 is 1.80 bits per heavy atom. The number of hydrogen-bond donors (Lipinski definition) is 1. The van der Waals surface area contributed by atoms with Gasteiger partial charge in [-0.15, -0.1) is 0 Å². The lowest BCUT2D eigenvalue weighted by molar-refractivity contribution is -0.141. The monoisotopic (exact) mass is 280 g/mol. The lowest BCUT2D eigenvalue weighted by Gasteiger charge is -2.37. The van der Waals surface area contributed by atoms with Crippen LogP contribution in [0.2, 0.25) is 0 Å². The standard InChI is InChI=1S/C16H28N2O2/c1-16(2,3)14(19)13-7-5-9-18(11-13)15(20)12-6-4-8-17-10-12/h12-13,17H,4-11H2,1-3H3/t12?,13-/m0/s1. The van der Waals surface area contributed by atoms with Gasteiger partial charge >= 0.3 is 0 Å². The molecule has 1 N–H and O–H groups in total. The van der Waals surface area contributed by atoms with E-state index in [4.69, 9.17) is 0 Å². The van der Waals surface area contributed by atoms with E-state index in [2.05, 4.69) is 5.32 Å². The van der Waals surface area contributed by atoms with Gasteiger partial charge in [-0.2, -0.15) is 0 Å². The fourth-order valence-electron chi connectivity index (χ4n) is 3.32. The van der Waals surface area contributed by atoms with Crippen LogP contribution >= 0.6 is 0 Å². The topological polar surface area (TPSA) is 49.4 Å². The summed E-state index contributed by atoms with van der Waals surface area (Å²) in [6, 6.07) is 0. The van der Waals surface area contributed by atoms with Crippen molar-refractivity contribution in [3.63, 3.8) is 0 Å². The molecule has 2 rings (SSSR count). The third kappa shape index (κ3) is 3.60. The van der Waals surface area contributed by atoms with Crippen LogP contribution in [0.3, 0.4) is 0 Å². The Morgan fingerprint density at radius 1 is 1.10 bits per heavy atom. The third-order valence-corrected chi connectivity index (χ3v) is 4.49. The molecule has 1 unspecified atom stereocenters. The van der Waals surface area contributed by atoms with Crippen molar-refractivity contribution in [3.8, 4) is 0 Å². The molecule has 2 atom stereocenters.